The van der Waals surface area contributed by atoms with Crippen molar-refractivity contribution >= 4 is 40.6 Å². The van der Waals surface area contributed by atoms with Crippen LogP contribution in [-0.2, 0) is 9.59 Å². The lowest BCUT2D eigenvalue weighted by atomic mass is 10.2. The SMILES string of the molecule is Cc1cccc(NC(=O)CSCC(=O)Nc2ccc(N(C)C)cc2)c1. The van der Waals surface area contributed by atoms with Crippen molar-refractivity contribution < 1.29 is 9.59 Å². The van der Waals surface area contributed by atoms with Gasteiger partial charge in [0.05, 0.1) is 11.5 Å². The first kappa shape index (κ1) is 18.9. The highest BCUT2D eigenvalue weighted by atomic mass is 32.2. The van der Waals surface area contributed by atoms with Gasteiger partial charge in [-0.2, -0.15) is 0 Å². The lowest BCUT2D eigenvalue weighted by Gasteiger charge is -2.13. The highest BCUT2D eigenvalue weighted by Gasteiger charge is 2.07. The molecule has 0 radical (unpaired) electrons. The monoisotopic (exact) mass is 357 g/mol. The predicted molar refractivity (Wildman–Crippen MR) is 107 cm³/mol. The number of nitrogens with one attached hydrogen (secondary N) is 2. The second kappa shape index (κ2) is 9.13. The van der Waals surface area contributed by atoms with E-state index in [4.69, 9.17) is 0 Å². The minimum Gasteiger partial charge on any atom is -0.378 e. The van der Waals surface area contributed by atoms with Gasteiger partial charge < -0.3 is 15.5 Å². The molecule has 25 heavy (non-hydrogen) atoms. The molecule has 2 aromatic rings. The number of carbonyl (C=O) groups excluding carboxylic acids is 2. The van der Waals surface area contributed by atoms with Gasteiger partial charge in [0.25, 0.3) is 0 Å². The molecule has 0 atom stereocenters. The summed E-state index contributed by atoms with van der Waals surface area (Å²) in [6.07, 6.45) is 0. The lowest BCUT2D eigenvalue weighted by molar-refractivity contribution is -0.114. The highest BCUT2D eigenvalue weighted by molar-refractivity contribution is 8.00. The molecular weight excluding hydrogens is 334 g/mol. The van der Waals surface area contributed by atoms with Crippen LogP contribution in [0.2, 0.25) is 0 Å². The number of nitrogens with zero attached hydrogens (tertiary/aromatic N) is 1. The van der Waals surface area contributed by atoms with Gasteiger partial charge in [0.1, 0.15) is 0 Å². The van der Waals surface area contributed by atoms with Crippen molar-refractivity contribution in [2.45, 2.75) is 6.92 Å². The van der Waals surface area contributed by atoms with E-state index in [1.807, 2.05) is 74.4 Å². The number of aryl methyl sites for hydroxylation is 1. The van der Waals surface area contributed by atoms with E-state index < -0.39 is 0 Å². The van der Waals surface area contributed by atoms with Crippen molar-refractivity contribution in [1.29, 1.82) is 0 Å². The standard InChI is InChI=1S/C19H23N3O2S/c1-14-5-4-6-16(11-14)21-19(24)13-25-12-18(23)20-15-7-9-17(10-8-15)22(2)3/h4-11H,12-13H2,1-3H3,(H,20,23)(H,21,24). The molecule has 0 unspecified atom stereocenters. The van der Waals surface area contributed by atoms with Crippen molar-refractivity contribution in [3.8, 4) is 0 Å². The second-order valence-electron chi connectivity index (χ2n) is 5.90. The quantitative estimate of drug-likeness (QED) is 0.798. The Labute approximate surface area is 152 Å². The van der Waals surface area contributed by atoms with Gasteiger partial charge in [-0.1, -0.05) is 12.1 Å². The van der Waals surface area contributed by atoms with E-state index in [1.54, 1.807) is 0 Å². The topological polar surface area (TPSA) is 61.4 Å². The first-order valence-corrected chi connectivity index (χ1v) is 9.11. The van der Waals surface area contributed by atoms with E-state index in [0.29, 0.717) is 0 Å². The zero-order valence-electron chi connectivity index (χ0n) is 14.7. The fourth-order valence-electron chi connectivity index (χ4n) is 2.20. The molecule has 0 saturated carbocycles. The van der Waals surface area contributed by atoms with Crippen molar-refractivity contribution in [2.75, 3.05) is 41.1 Å². The summed E-state index contributed by atoms with van der Waals surface area (Å²) < 4.78 is 0. The van der Waals surface area contributed by atoms with Gasteiger partial charge in [-0.05, 0) is 48.9 Å². The third kappa shape index (κ3) is 6.51. The van der Waals surface area contributed by atoms with Gasteiger partial charge in [0.2, 0.25) is 11.8 Å². The molecule has 2 aromatic carbocycles. The average Bonchev–Trinajstić information content (AvgIpc) is 2.55. The molecule has 0 saturated heterocycles. The normalized spacial score (nSPS) is 10.2. The van der Waals surface area contributed by atoms with Crippen LogP contribution in [0, 0.1) is 6.92 Å². The fraction of sp³-hybridized carbons (Fsp3) is 0.263. The summed E-state index contributed by atoms with van der Waals surface area (Å²) in [5, 5.41) is 5.66. The number of hydrogen-bond acceptors (Lipinski definition) is 4. The van der Waals surface area contributed by atoms with Crippen molar-refractivity contribution in [3.63, 3.8) is 0 Å². The first-order chi connectivity index (χ1) is 11.9. The Hall–Kier alpha value is -2.47. The largest absolute Gasteiger partial charge is 0.378 e. The maximum Gasteiger partial charge on any atom is 0.234 e. The van der Waals surface area contributed by atoms with Crippen LogP contribution in [0.1, 0.15) is 5.56 Å². The number of hydrogen-bond donors (Lipinski definition) is 2. The Balaban J connectivity index is 1.72. The number of amides is 2. The summed E-state index contributed by atoms with van der Waals surface area (Å²) in [5.74, 6) is 0.238. The summed E-state index contributed by atoms with van der Waals surface area (Å²) in [5.41, 5.74) is 3.68. The van der Waals surface area contributed by atoms with Crippen LogP contribution >= 0.6 is 11.8 Å². The molecule has 0 aliphatic heterocycles. The molecule has 0 bridgehead atoms. The molecule has 132 valence electrons. The lowest BCUT2D eigenvalue weighted by Crippen LogP contribution is -2.18. The number of thioether (sulfide) groups is 1. The van der Waals surface area contributed by atoms with Gasteiger partial charge in [-0.15, -0.1) is 11.8 Å². The van der Waals surface area contributed by atoms with Gasteiger partial charge in [0, 0.05) is 31.2 Å². The minimum atomic E-state index is -0.119. The maximum atomic E-state index is 11.9. The molecule has 2 N–H and O–H groups in total. The fourth-order valence-corrected chi connectivity index (χ4v) is 2.81. The minimum absolute atomic E-state index is 0.112. The summed E-state index contributed by atoms with van der Waals surface area (Å²) >= 11 is 1.29. The molecule has 2 amide bonds. The maximum absolute atomic E-state index is 11.9. The third-order valence-electron chi connectivity index (χ3n) is 3.44. The first-order valence-electron chi connectivity index (χ1n) is 7.95. The summed E-state index contributed by atoms with van der Waals surface area (Å²) in [6.45, 7) is 1.97. The zero-order valence-corrected chi connectivity index (χ0v) is 15.5. The molecule has 0 aliphatic rings. The Kier molecular flexibility index (Phi) is 6.89. The van der Waals surface area contributed by atoms with Crippen LogP contribution < -0.4 is 15.5 Å². The number of anilines is 3. The highest BCUT2D eigenvalue weighted by Crippen LogP contribution is 2.16. The molecule has 0 fully saturated rings. The predicted octanol–water partition coefficient (Wildman–Crippen LogP) is 3.37. The molecule has 6 heteroatoms. The number of carbonyl (C=O) groups is 2. The third-order valence-corrected chi connectivity index (χ3v) is 4.37. The van der Waals surface area contributed by atoms with Gasteiger partial charge >= 0.3 is 0 Å². The number of benzene rings is 2. The van der Waals surface area contributed by atoms with Crippen LogP contribution in [0.3, 0.4) is 0 Å². The Morgan fingerprint density at radius 2 is 1.52 bits per heavy atom. The van der Waals surface area contributed by atoms with Crippen molar-refractivity contribution in [3.05, 3.63) is 54.1 Å². The molecule has 2 rings (SSSR count). The molecular formula is C19H23N3O2S. The van der Waals surface area contributed by atoms with Crippen LogP contribution in [0.5, 0.6) is 0 Å². The van der Waals surface area contributed by atoms with E-state index in [9.17, 15) is 9.59 Å². The molecule has 0 aliphatic carbocycles. The summed E-state index contributed by atoms with van der Waals surface area (Å²) in [4.78, 5) is 25.8. The van der Waals surface area contributed by atoms with Crippen LogP contribution in [0.25, 0.3) is 0 Å². The second-order valence-corrected chi connectivity index (χ2v) is 6.89. The zero-order chi connectivity index (χ0) is 18.2. The van der Waals surface area contributed by atoms with Gasteiger partial charge in [-0.3, -0.25) is 9.59 Å². The Morgan fingerprint density at radius 3 is 2.08 bits per heavy atom. The van der Waals surface area contributed by atoms with Crippen LogP contribution in [-0.4, -0.2) is 37.4 Å². The molecule has 0 aromatic heterocycles. The molecule has 0 heterocycles. The van der Waals surface area contributed by atoms with Gasteiger partial charge in [0.15, 0.2) is 0 Å². The molecule has 0 spiro atoms. The van der Waals surface area contributed by atoms with Crippen molar-refractivity contribution in [1.82, 2.24) is 0 Å². The Morgan fingerprint density at radius 1 is 0.920 bits per heavy atom. The van der Waals surface area contributed by atoms with Crippen LogP contribution in [0.4, 0.5) is 17.1 Å². The molecule has 5 nitrogen and oxygen atoms in total. The van der Waals surface area contributed by atoms with Crippen LogP contribution in [0.15, 0.2) is 48.5 Å². The summed E-state index contributed by atoms with van der Waals surface area (Å²) in [7, 11) is 3.93. The van der Waals surface area contributed by atoms with E-state index in [1.165, 1.54) is 11.8 Å². The van der Waals surface area contributed by atoms with E-state index in [0.717, 1.165) is 22.6 Å². The van der Waals surface area contributed by atoms with E-state index in [2.05, 4.69) is 10.6 Å². The van der Waals surface area contributed by atoms with Gasteiger partial charge in [-0.25, -0.2) is 0 Å². The smallest absolute Gasteiger partial charge is 0.234 e. The van der Waals surface area contributed by atoms with E-state index >= 15 is 0 Å². The average molecular weight is 357 g/mol. The summed E-state index contributed by atoms with van der Waals surface area (Å²) in [6, 6.07) is 15.2. The van der Waals surface area contributed by atoms with Crippen molar-refractivity contribution in [2.24, 2.45) is 0 Å². The number of rotatable bonds is 7. The van der Waals surface area contributed by atoms with E-state index in [-0.39, 0.29) is 23.3 Å². The Bertz CT molecular complexity index is 730.